The molecule has 0 atom stereocenters. The molecule has 0 bridgehead atoms. The third kappa shape index (κ3) is 3.85. The first-order valence-electron chi connectivity index (χ1n) is 5.69. The number of carbonyl (C=O) groups excluding carboxylic acids is 1. The minimum atomic E-state index is -0.0270. The lowest BCUT2D eigenvalue weighted by Crippen LogP contribution is -2.14. The van der Waals surface area contributed by atoms with Gasteiger partial charge < -0.3 is 5.32 Å². The summed E-state index contributed by atoms with van der Waals surface area (Å²) < 4.78 is 0. The van der Waals surface area contributed by atoms with Crippen LogP contribution in [0.5, 0.6) is 0 Å². The molecule has 5 heteroatoms. The molecule has 0 saturated carbocycles. The van der Waals surface area contributed by atoms with Crippen molar-refractivity contribution in [3.63, 3.8) is 0 Å². The highest BCUT2D eigenvalue weighted by molar-refractivity contribution is 7.99. The lowest BCUT2D eigenvalue weighted by molar-refractivity contribution is -0.115. The molecular weight excluding hydrogens is 264 g/mol. The predicted molar refractivity (Wildman–Crippen MR) is 77.3 cm³/mol. The van der Waals surface area contributed by atoms with Crippen LogP contribution in [0, 0.1) is 0 Å². The lowest BCUT2D eigenvalue weighted by Gasteiger charge is -2.03. The van der Waals surface area contributed by atoms with Gasteiger partial charge in [0.15, 0.2) is 5.13 Å². The number of amides is 1. The van der Waals surface area contributed by atoms with E-state index in [4.69, 9.17) is 0 Å². The zero-order valence-electron chi connectivity index (χ0n) is 10.1. The van der Waals surface area contributed by atoms with Crippen LogP contribution in [0.1, 0.15) is 12.5 Å². The molecular formula is C13H14N2OS2. The first-order chi connectivity index (χ1) is 8.78. The fourth-order valence-electron chi connectivity index (χ4n) is 1.50. The number of aromatic nitrogens is 1. The first-order valence-corrected chi connectivity index (χ1v) is 7.55. The third-order valence-corrected chi connectivity index (χ3v) is 3.86. The predicted octanol–water partition coefficient (Wildman–Crippen LogP) is 3.44. The van der Waals surface area contributed by atoms with Gasteiger partial charge in [-0.1, -0.05) is 19.1 Å². The molecule has 0 spiro atoms. The van der Waals surface area contributed by atoms with E-state index < -0.39 is 0 Å². The molecule has 1 aromatic heterocycles. The van der Waals surface area contributed by atoms with Gasteiger partial charge in [0.1, 0.15) is 0 Å². The molecule has 1 aromatic carbocycles. The number of carbonyl (C=O) groups is 1. The Kier molecular flexibility index (Phi) is 4.78. The Bertz CT molecular complexity index is 494. The van der Waals surface area contributed by atoms with Crippen LogP contribution in [0.25, 0.3) is 0 Å². The maximum Gasteiger partial charge on any atom is 0.230 e. The number of thiazole rings is 1. The van der Waals surface area contributed by atoms with Crippen molar-refractivity contribution in [1.29, 1.82) is 0 Å². The van der Waals surface area contributed by atoms with Crippen LogP contribution in [0.4, 0.5) is 5.13 Å². The van der Waals surface area contributed by atoms with E-state index in [2.05, 4.69) is 29.4 Å². The van der Waals surface area contributed by atoms with E-state index in [1.54, 1.807) is 18.0 Å². The number of benzene rings is 1. The van der Waals surface area contributed by atoms with Crippen LogP contribution >= 0.6 is 23.1 Å². The SMILES string of the molecule is CCSc1ccc(CC(=O)Nc2nccs2)cc1. The van der Waals surface area contributed by atoms with Crippen molar-refractivity contribution in [2.75, 3.05) is 11.1 Å². The number of thioether (sulfide) groups is 1. The van der Waals surface area contributed by atoms with E-state index in [1.807, 2.05) is 17.5 Å². The second-order valence-corrected chi connectivity index (χ2v) is 5.87. The molecule has 0 aliphatic carbocycles. The van der Waals surface area contributed by atoms with Gasteiger partial charge in [0.05, 0.1) is 6.42 Å². The van der Waals surface area contributed by atoms with Crippen LogP contribution in [0.2, 0.25) is 0 Å². The quantitative estimate of drug-likeness (QED) is 0.852. The van der Waals surface area contributed by atoms with Gasteiger partial charge in [-0.15, -0.1) is 23.1 Å². The van der Waals surface area contributed by atoms with E-state index in [0.29, 0.717) is 11.6 Å². The number of hydrogen-bond acceptors (Lipinski definition) is 4. The molecule has 18 heavy (non-hydrogen) atoms. The van der Waals surface area contributed by atoms with Gasteiger partial charge in [-0.2, -0.15) is 0 Å². The Morgan fingerprint density at radius 3 is 2.78 bits per heavy atom. The average molecular weight is 278 g/mol. The average Bonchev–Trinajstić information content (AvgIpc) is 2.84. The smallest absolute Gasteiger partial charge is 0.230 e. The third-order valence-electron chi connectivity index (χ3n) is 2.28. The highest BCUT2D eigenvalue weighted by Gasteiger charge is 2.05. The number of rotatable bonds is 5. The minimum absolute atomic E-state index is 0.0270. The van der Waals surface area contributed by atoms with E-state index in [0.717, 1.165) is 11.3 Å². The summed E-state index contributed by atoms with van der Waals surface area (Å²) in [6, 6.07) is 8.11. The van der Waals surface area contributed by atoms with Crippen LogP contribution in [-0.2, 0) is 11.2 Å². The van der Waals surface area contributed by atoms with Gasteiger partial charge in [0, 0.05) is 16.5 Å². The molecule has 94 valence electrons. The summed E-state index contributed by atoms with van der Waals surface area (Å²) in [7, 11) is 0. The van der Waals surface area contributed by atoms with Crippen LogP contribution in [-0.4, -0.2) is 16.6 Å². The highest BCUT2D eigenvalue weighted by atomic mass is 32.2. The van der Waals surface area contributed by atoms with E-state index in [9.17, 15) is 4.79 Å². The Hall–Kier alpha value is -1.33. The summed E-state index contributed by atoms with van der Waals surface area (Å²) in [5.74, 6) is 1.03. The first kappa shape index (κ1) is 13.1. The maximum absolute atomic E-state index is 11.7. The molecule has 2 aromatic rings. The topological polar surface area (TPSA) is 42.0 Å². The normalized spacial score (nSPS) is 10.3. The largest absolute Gasteiger partial charge is 0.302 e. The second kappa shape index (κ2) is 6.56. The fraction of sp³-hybridized carbons (Fsp3) is 0.231. The summed E-state index contributed by atoms with van der Waals surface area (Å²) >= 11 is 3.22. The van der Waals surface area contributed by atoms with E-state index in [-0.39, 0.29) is 5.91 Å². The van der Waals surface area contributed by atoms with Crippen LogP contribution < -0.4 is 5.32 Å². The van der Waals surface area contributed by atoms with Crippen molar-refractivity contribution in [1.82, 2.24) is 4.98 Å². The molecule has 1 N–H and O–H groups in total. The van der Waals surface area contributed by atoms with Gasteiger partial charge in [-0.3, -0.25) is 4.79 Å². The van der Waals surface area contributed by atoms with Crippen LogP contribution in [0.15, 0.2) is 40.7 Å². The molecule has 1 heterocycles. The van der Waals surface area contributed by atoms with Crippen molar-refractivity contribution in [2.24, 2.45) is 0 Å². The number of anilines is 1. The molecule has 3 nitrogen and oxygen atoms in total. The van der Waals surface area contributed by atoms with Crippen molar-refractivity contribution in [3.05, 3.63) is 41.4 Å². The fourth-order valence-corrected chi connectivity index (χ4v) is 2.71. The summed E-state index contributed by atoms with van der Waals surface area (Å²) in [6.07, 6.45) is 2.06. The molecule has 2 rings (SSSR count). The Morgan fingerprint density at radius 2 is 2.17 bits per heavy atom. The molecule has 1 amide bonds. The van der Waals surface area contributed by atoms with E-state index in [1.165, 1.54) is 16.2 Å². The zero-order chi connectivity index (χ0) is 12.8. The standard InChI is InChI=1S/C13H14N2OS2/c1-2-17-11-5-3-10(4-6-11)9-12(16)15-13-14-7-8-18-13/h3-8H,2,9H2,1H3,(H,14,15,16). The zero-order valence-corrected chi connectivity index (χ0v) is 11.7. The highest BCUT2D eigenvalue weighted by Crippen LogP contribution is 2.18. The molecule has 0 aliphatic rings. The Labute approximate surface area is 115 Å². The lowest BCUT2D eigenvalue weighted by atomic mass is 10.1. The number of nitrogens with zero attached hydrogens (tertiary/aromatic N) is 1. The van der Waals surface area contributed by atoms with Gasteiger partial charge in [-0.05, 0) is 23.4 Å². The second-order valence-electron chi connectivity index (χ2n) is 3.64. The van der Waals surface area contributed by atoms with Gasteiger partial charge in [0.25, 0.3) is 0 Å². The molecule has 0 radical (unpaired) electrons. The summed E-state index contributed by atoms with van der Waals surface area (Å²) in [5, 5.41) is 5.26. The number of hydrogen-bond donors (Lipinski definition) is 1. The summed E-state index contributed by atoms with van der Waals surface area (Å²) in [5.41, 5.74) is 1.02. The molecule has 0 unspecified atom stereocenters. The molecule has 0 fully saturated rings. The van der Waals surface area contributed by atoms with Crippen molar-refractivity contribution in [2.45, 2.75) is 18.2 Å². The van der Waals surface area contributed by atoms with Crippen molar-refractivity contribution < 1.29 is 4.79 Å². The Morgan fingerprint density at radius 1 is 1.39 bits per heavy atom. The molecule has 0 saturated heterocycles. The molecule has 0 aliphatic heterocycles. The van der Waals surface area contributed by atoms with Crippen molar-refractivity contribution in [3.8, 4) is 0 Å². The van der Waals surface area contributed by atoms with Gasteiger partial charge >= 0.3 is 0 Å². The van der Waals surface area contributed by atoms with Gasteiger partial charge in [-0.25, -0.2) is 4.98 Å². The Balaban J connectivity index is 1.90. The van der Waals surface area contributed by atoms with Gasteiger partial charge in [0.2, 0.25) is 5.91 Å². The van der Waals surface area contributed by atoms with Crippen molar-refractivity contribution >= 4 is 34.1 Å². The summed E-state index contributed by atoms with van der Waals surface area (Å²) in [4.78, 5) is 17.0. The number of nitrogens with one attached hydrogen (secondary N) is 1. The maximum atomic E-state index is 11.7. The minimum Gasteiger partial charge on any atom is -0.302 e. The van der Waals surface area contributed by atoms with Crippen LogP contribution in [0.3, 0.4) is 0 Å². The summed E-state index contributed by atoms with van der Waals surface area (Å²) in [6.45, 7) is 2.13. The van der Waals surface area contributed by atoms with E-state index >= 15 is 0 Å². The monoisotopic (exact) mass is 278 g/mol.